The van der Waals surface area contributed by atoms with Gasteiger partial charge in [0.1, 0.15) is 6.04 Å². The molecule has 4 N–H and O–H groups in total. The fraction of sp³-hybridized carbons (Fsp3) is 0.385. The highest BCUT2D eigenvalue weighted by Crippen LogP contribution is 1.98. The molecule has 6 nitrogen and oxygen atoms in total. The predicted molar refractivity (Wildman–Crippen MR) is 69.5 cm³/mol. The van der Waals surface area contributed by atoms with E-state index in [1.165, 1.54) is 0 Å². The van der Waals surface area contributed by atoms with Crippen LogP contribution in [0.2, 0.25) is 0 Å². The number of aliphatic hydroxyl groups is 2. The zero-order valence-electron chi connectivity index (χ0n) is 10.7. The van der Waals surface area contributed by atoms with Crippen molar-refractivity contribution in [3.8, 4) is 0 Å². The standard InChI is InChI=1S/C13H18N2O4/c1-9(12(18)14-7-11(17)8-16)15-13(19)10-5-3-2-4-6-10/h2-6,9,11,16-17H,7-8H2,1H3,(H,14,18)(H,15,19). The SMILES string of the molecule is CC(NC(=O)c1ccccc1)C(=O)NCC(O)CO. The van der Waals surface area contributed by atoms with Crippen LogP contribution >= 0.6 is 0 Å². The van der Waals surface area contributed by atoms with Gasteiger partial charge in [-0.3, -0.25) is 9.59 Å². The molecule has 0 fully saturated rings. The van der Waals surface area contributed by atoms with Crippen LogP contribution in [0.1, 0.15) is 17.3 Å². The van der Waals surface area contributed by atoms with Crippen LogP contribution in [0.15, 0.2) is 30.3 Å². The Hall–Kier alpha value is -1.92. The van der Waals surface area contributed by atoms with Crippen molar-refractivity contribution in [2.24, 2.45) is 0 Å². The van der Waals surface area contributed by atoms with Gasteiger partial charge in [0.05, 0.1) is 12.7 Å². The first-order chi connectivity index (χ1) is 9.04. The first-order valence-electron chi connectivity index (χ1n) is 5.97. The summed E-state index contributed by atoms with van der Waals surface area (Å²) in [4.78, 5) is 23.4. The lowest BCUT2D eigenvalue weighted by atomic mass is 10.2. The third-order valence-electron chi connectivity index (χ3n) is 2.50. The Kier molecular flexibility index (Phi) is 5.98. The smallest absolute Gasteiger partial charge is 0.251 e. The topological polar surface area (TPSA) is 98.7 Å². The van der Waals surface area contributed by atoms with Gasteiger partial charge < -0.3 is 20.8 Å². The summed E-state index contributed by atoms with van der Waals surface area (Å²) in [5.74, 6) is -0.761. The molecule has 6 heteroatoms. The van der Waals surface area contributed by atoms with Crippen molar-refractivity contribution in [3.05, 3.63) is 35.9 Å². The second kappa shape index (κ2) is 7.50. The van der Waals surface area contributed by atoms with Gasteiger partial charge in [0.25, 0.3) is 5.91 Å². The van der Waals surface area contributed by atoms with E-state index in [-0.39, 0.29) is 12.5 Å². The van der Waals surface area contributed by atoms with Crippen LogP contribution in [0.25, 0.3) is 0 Å². The van der Waals surface area contributed by atoms with E-state index >= 15 is 0 Å². The molecule has 104 valence electrons. The van der Waals surface area contributed by atoms with E-state index in [2.05, 4.69) is 10.6 Å². The van der Waals surface area contributed by atoms with E-state index < -0.39 is 24.7 Å². The van der Waals surface area contributed by atoms with E-state index in [9.17, 15) is 9.59 Å². The van der Waals surface area contributed by atoms with Crippen LogP contribution in [-0.4, -0.2) is 47.3 Å². The largest absolute Gasteiger partial charge is 0.394 e. The van der Waals surface area contributed by atoms with Crippen molar-refractivity contribution < 1.29 is 19.8 Å². The van der Waals surface area contributed by atoms with E-state index in [0.29, 0.717) is 5.56 Å². The van der Waals surface area contributed by atoms with E-state index in [1.807, 2.05) is 0 Å². The lowest BCUT2D eigenvalue weighted by molar-refractivity contribution is -0.123. The first-order valence-corrected chi connectivity index (χ1v) is 5.97. The molecule has 2 atom stereocenters. The van der Waals surface area contributed by atoms with Crippen molar-refractivity contribution in [2.45, 2.75) is 19.1 Å². The molecule has 0 heterocycles. The Bertz CT molecular complexity index is 422. The minimum atomic E-state index is -0.999. The van der Waals surface area contributed by atoms with Crippen molar-refractivity contribution in [2.75, 3.05) is 13.2 Å². The fourth-order valence-corrected chi connectivity index (χ4v) is 1.37. The number of hydrogen-bond donors (Lipinski definition) is 4. The average Bonchev–Trinajstić information content (AvgIpc) is 2.44. The second-order valence-corrected chi connectivity index (χ2v) is 4.14. The van der Waals surface area contributed by atoms with Crippen molar-refractivity contribution in [3.63, 3.8) is 0 Å². The maximum Gasteiger partial charge on any atom is 0.251 e. The molecular formula is C13H18N2O4. The molecule has 0 radical (unpaired) electrons. The molecule has 1 aromatic rings. The molecule has 2 amide bonds. The Morgan fingerprint density at radius 3 is 2.47 bits per heavy atom. The molecule has 0 aliphatic rings. The maximum atomic E-state index is 11.8. The van der Waals surface area contributed by atoms with Gasteiger partial charge in [0, 0.05) is 12.1 Å². The zero-order chi connectivity index (χ0) is 14.3. The van der Waals surface area contributed by atoms with Crippen LogP contribution in [0.5, 0.6) is 0 Å². The van der Waals surface area contributed by atoms with Crippen LogP contribution in [-0.2, 0) is 4.79 Å². The number of carbonyl (C=O) groups is 2. The minimum Gasteiger partial charge on any atom is -0.394 e. The number of benzene rings is 1. The molecule has 0 spiro atoms. The van der Waals surface area contributed by atoms with Gasteiger partial charge in [-0.15, -0.1) is 0 Å². The molecule has 0 aromatic heterocycles. The monoisotopic (exact) mass is 266 g/mol. The summed E-state index contributed by atoms with van der Waals surface area (Å²) in [7, 11) is 0. The molecule has 0 aliphatic carbocycles. The molecule has 1 aromatic carbocycles. The molecule has 0 saturated heterocycles. The lowest BCUT2D eigenvalue weighted by Crippen LogP contribution is -2.47. The summed E-state index contributed by atoms with van der Waals surface area (Å²) in [5, 5.41) is 22.7. The number of rotatable bonds is 6. The minimum absolute atomic E-state index is 0.0547. The van der Waals surface area contributed by atoms with E-state index in [1.54, 1.807) is 37.3 Å². The van der Waals surface area contributed by atoms with Crippen LogP contribution in [0.4, 0.5) is 0 Å². The number of hydrogen-bond acceptors (Lipinski definition) is 4. The van der Waals surface area contributed by atoms with Crippen molar-refractivity contribution in [1.29, 1.82) is 0 Å². The van der Waals surface area contributed by atoms with Crippen LogP contribution < -0.4 is 10.6 Å². The van der Waals surface area contributed by atoms with Gasteiger partial charge in [-0.1, -0.05) is 18.2 Å². The molecule has 0 bridgehead atoms. The molecule has 1 rings (SSSR count). The van der Waals surface area contributed by atoms with E-state index in [0.717, 1.165) is 0 Å². The first kappa shape index (κ1) is 15.1. The number of nitrogens with one attached hydrogen (secondary N) is 2. The molecule has 0 saturated carbocycles. The summed E-state index contributed by atoms with van der Waals surface area (Å²) < 4.78 is 0. The Labute approximate surface area is 111 Å². The quantitative estimate of drug-likeness (QED) is 0.546. The van der Waals surface area contributed by atoms with E-state index in [4.69, 9.17) is 10.2 Å². The molecule has 19 heavy (non-hydrogen) atoms. The second-order valence-electron chi connectivity index (χ2n) is 4.14. The third kappa shape index (κ3) is 5.07. The lowest BCUT2D eigenvalue weighted by Gasteiger charge is -2.15. The summed E-state index contributed by atoms with van der Waals surface area (Å²) in [6, 6.07) is 7.83. The number of amides is 2. The normalized spacial score (nSPS) is 13.4. The zero-order valence-corrected chi connectivity index (χ0v) is 10.7. The number of aliphatic hydroxyl groups excluding tert-OH is 2. The summed E-state index contributed by atoms with van der Waals surface area (Å²) in [6.45, 7) is 1.06. The van der Waals surface area contributed by atoms with Crippen LogP contribution in [0, 0.1) is 0 Å². The van der Waals surface area contributed by atoms with Gasteiger partial charge >= 0.3 is 0 Å². The average molecular weight is 266 g/mol. The summed E-state index contributed by atoms with van der Waals surface area (Å²) in [6.07, 6.45) is -0.999. The van der Waals surface area contributed by atoms with Crippen molar-refractivity contribution in [1.82, 2.24) is 10.6 Å². The van der Waals surface area contributed by atoms with Gasteiger partial charge in [0.2, 0.25) is 5.91 Å². The molecule has 0 aliphatic heterocycles. The Morgan fingerprint density at radius 1 is 1.26 bits per heavy atom. The van der Waals surface area contributed by atoms with Gasteiger partial charge in [-0.05, 0) is 19.1 Å². The highest BCUT2D eigenvalue weighted by atomic mass is 16.3. The predicted octanol–water partition coefficient (Wildman–Crippen LogP) is -0.726. The summed E-state index contributed by atoms with van der Waals surface area (Å²) >= 11 is 0. The van der Waals surface area contributed by atoms with Crippen LogP contribution in [0.3, 0.4) is 0 Å². The number of carbonyl (C=O) groups excluding carboxylic acids is 2. The van der Waals surface area contributed by atoms with Crippen molar-refractivity contribution >= 4 is 11.8 Å². The third-order valence-corrected chi connectivity index (χ3v) is 2.50. The van der Waals surface area contributed by atoms with Gasteiger partial charge in [-0.2, -0.15) is 0 Å². The Balaban J connectivity index is 2.44. The molecule has 2 unspecified atom stereocenters. The highest BCUT2D eigenvalue weighted by Gasteiger charge is 2.16. The summed E-state index contributed by atoms with van der Waals surface area (Å²) in [5.41, 5.74) is 0.470. The van der Waals surface area contributed by atoms with Gasteiger partial charge in [-0.25, -0.2) is 0 Å². The maximum absolute atomic E-state index is 11.8. The highest BCUT2D eigenvalue weighted by molar-refractivity contribution is 5.97. The fourth-order valence-electron chi connectivity index (χ4n) is 1.37. The molecular weight excluding hydrogens is 248 g/mol. The Morgan fingerprint density at radius 2 is 1.89 bits per heavy atom. The van der Waals surface area contributed by atoms with Gasteiger partial charge in [0.15, 0.2) is 0 Å².